The SMILES string of the molecule is O=C(NC(c1ccc(F)cc1)C1CCCO1)c1scnc1Cl. The summed E-state index contributed by atoms with van der Waals surface area (Å²) in [5, 5.41) is 3.13. The molecule has 2 aromatic rings. The van der Waals surface area contributed by atoms with Crippen LogP contribution in [0, 0.1) is 5.82 Å². The van der Waals surface area contributed by atoms with Crippen LogP contribution in [0.2, 0.25) is 5.15 Å². The number of benzene rings is 1. The zero-order chi connectivity index (χ0) is 15.5. The first-order valence-electron chi connectivity index (χ1n) is 6.92. The molecule has 0 saturated carbocycles. The van der Waals surface area contributed by atoms with Crippen LogP contribution in [-0.4, -0.2) is 23.6 Å². The Bertz CT molecular complexity index is 656. The Labute approximate surface area is 136 Å². The van der Waals surface area contributed by atoms with Crippen molar-refractivity contribution in [1.82, 2.24) is 10.3 Å². The van der Waals surface area contributed by atoms with Gasteiger partial charge in [0.15, 0.2) is 5.15 Å². The number of amides is 1. The molecule has 1 saturated heterocycles. The highest BCUT2D eigenvalue weighted by molar-refractivity contribution is 7.12. The standard InChI is InChI=1S/C15H14ClFN2O2S/c16-14-13(22-8-18-14)15(20)19-12(11-2-1-7-21-11)9-3-5-10(17)6-4-9/h3-6,8,11-12H,1-2,7H2,(H,19,20). The van der Waals surface area contributed by atoms with Gasteiger partial charge in [-0.1, -0.05) is 23.7 Å². The molecule has 0 radical (unpaired) electrons. The zero-order valence-electron chi connectivity index (χ0n) is 11.6. The van der Waals surface area contributed by atoms with E-state index in [4.69, 9.17) is 16.3 Å². The molecule has 0 aliphatic carbocycles. The molecule has 4 nitrogen and oxygen atoms in total. The maximum Gasteiger partial charge on any atom is 0.265 e. The summed E-state index contributed by atoms with van der Waals surface area (Å²) in [6.45, 7) is 0.666. The first-order valence-corrected chi connectivity index (χ1v) is 8.18. The fourth-order valence-corrected chi connectivity index (χ4v) is 3.42. The Balaban J connectivity index is 1.84. The molecule has 7 heteroatoms. The van der Waals surface area contributed by atoms with Crippen LogP contribution in [0.25, 0.3) is 0 Å². The lowest BCUT2D eigenvalue weighted by atomic mass is 9.99. The molecule has 1 aromatic heterocycles. The van der Waals surface area contributed by atoms with Crippen molar-refractivity contribution in [2.45, 2.75) is 25.0 Å². The first kappa shape index (κ1) is 15.4. The summed E-state index contributed by atoms with van der Waals surface area (Å²) in [5.41, 5.74) is 2.33. The van der Waals surface area contributed by atoms with Gasteiger partial charge in [-0.25, -0.2) is 9.37 Å². The predicted octanol–water partition coefficient (Wildman–Crippen LogP) is 3.59. The van der Waals surface area contributed by atoms with Crippen LogP contribution in [0.15, 0.2) is 29.8 Å². The average molecular weight is 341 g/mol. The summed E-state index contributed by atoms with van der Waals surface area (Å²) in [6, 6.07) is 5.74. The largest absolute Gasteiger partial charge is 0.376 e. The molecule has 1 aromatic carbocycles. The molecule has 1 aliphatic heterocycles. The van der Waals surface area contributed by atoms with Crippen molar-refractivity contribution >= 4 is 28.8 Å². The van der Waals surface area contributed by atoms with E-state index < -0.39 is 0 Å². The Morgan fingerprint density at radius 1 is 1.45 bits per heavy atom. The molecule has 2 atom stereocenters. The van der Waals surface area contributed by atoms with Crippen LogP contribution in [0.3, 0.4) is 0 Å². The highest BCUT2D eigenvalue weighted by Gasteiger charge is 2.30. The van der Waals surface area contributed by atoms with Crippen molar-refractivity contribution in [3.05, 3.63) is 51.2 Å². The number of nitrogens with zero attached hydrogens (tertiary/aromatic N) is 1. The first-order chi connectivity index (χ1) is 10.6. The molecule has 0 spiro atoms. The minimum Gasteiger partial charge on any atom is -0.376 e. The van der Waals surface area contributed by atoms with E-state index in [-0.39, 0.29) is 29.0 Å². The fourth-order valence-electron chi connectivity index (χ4n) is 2.51. The Kier molecular flexibility index (Phi) is 4.71. The lowest BCUT2D eigenvalue weighted by Gasteiger charge is -2.24. The third-order valence-electron chi connectivity index (χ3n) is 3.58. The van der Waals surface area contributed by atoms with E-state index in [1.54, 1.807) is 12.1 Å². The fraction of sp³-hybridized carbons (Fsp3) is 0.333. The van der Waals surface area contributed by atoms with Crippen molar-refractivity contribution in [1.29, 1.82) is 0 Å². The maximum atomic E-state index is 13.1. The number of thiazole rings is 1. The number of carbonyl (C=O) groups excluding carboxylic acids is 1. The topological polar surface area (TPSA) is 51.2 Å². The van der Waals surface area contributed by atoms with Gasteiger partial charge in [0, 0.05) is 6.61 Å². The van der Waals surface area contributed by atoms with Crippen LogP contribution in [0.4, 0.5) is 4.39 Å². The number of aromatic nitrogens is 1. The highest BCUT2D eigenvalue weighted by Crippen LogP contribution is 2.28. The maximum absolute atomic E-state index is 13.1. The normalized spacial score (nSPS) is 19.1. The Morgan fingerprint density at radius 2 is 2.23 bits per heavy atom. The number of nitrogens with one attached hydrogen (secondary N) is 1. The van der Waals surface area contributed by atoms with Crippen LogP contribution < -0.4 is 5.32 Å². The Hall–Kier alpha value is -1.50. The summed E-state index contributed by atoms with van der Waals surface area (Å²) in [4.78, 5) is 16.6. The third kappa shape index (κ3) is 3.29. The highest BCUT2D eigenvalue weighted by atomic mass is 35.5. The molecule has 22 heavy (non-hydrogen) atoms. The van der Waals surface area contributed by atoms with E-state index in [0.717, 1.165) is 18.4 Å². The summed E-state index contributed by atoms with van der Waals surface area (Å²) in [7, 11) is 0. The van der Waals surface area contributed by atoms with Gasteiger partial charge in [-0.2, -0.15) is 0 Å². The predicted molar refractivity (Wildman–Crippen MR) is 82.7 cm³/mol. The zero-order valence-corrected chi connectivity index (χ0v) is 13.2. The van der Waals surface area contributed by atoms with Gasteiger partial charge in [0.1, 0.15) is 10.7 Å². The van der Waals surface area contributed by atoms with Crippen molar-refractivity contribution in [3.63, 3.8) is 0 Å². The molecule has 2 unspecified atom stereocenters. The molecule has 1 amide bonds. The smallest absolute Gasteiger partial charge is 0.265 e. The number of hydrogen-bond acceptors (Lipinski definition) is 4. The van der Waals surface area contributed by atoms with Crippen molar-refractivity contribution in [3.8, 4) is 0 Å². The minimum absolute atomic E-state index is 0.124. The van der Waals surface area contributed by atoms with Gasteiger partial charge in [-0.05, 0) is 30.5 Å². The second-order valence-electron chi connectivity index (χ2n) is 5.03. The van der Waals surface area contributed by atoms with Crippen LogP contribution in [0.1, 0.15) is 34.1 Å². The number of ether oxygens (including phenoxy) is 1. The number of carbonyl (C=O) groups is 1. The summed E-state index contributed by atoms with van der Waals surface area (Å²) in [6.07, 6.45) is 1.67. The van der Waals surface area contributed by atoms with Gasteiger partial charge >= 0.3 is 0 Å². The second kappa shape index (κ2) is 6.73. The molecular formula is C15H14ClFN2O2S. The third-order valence-corrected chi connectivity index (χ3v) is 4.81. The summed E-state index contributed by atoms with van der Waals surface area (Å²) >= 11 is 7.09. The van der Waals surface area contributed by atoms with E-state index in [2.05, 4.69) is 10.3 Å². The van der Waals surface area contributed by atoms with Gasteiger partial charge < -0.3 is 10.1 Å². The van der Waals surface area contributed by atoms with E-state index in [0.29, 0.717) is 11.5 Å². The van der Waals surface area contributed by atoms with Gasteiger partial charge in [0.05, 0.1) is 17.7 Å². The van der Waals surface area contributed by atoms with E-state index >= 15 is 0 Å². The van der Waals surface area contributed by atoms with E-state index in [1.807, 2.05) is 0 Å². The minimum atomic E-state index is -0.339. The summed E-state index contributed by atoms with van der Waals surface area (Å²) in [5.74, 6) is -0.607. The Morgan fingerprint density at radius 3 is 2.82 bits per heavy atom. The number of rotatable bonds is 4. The van der Waals surface area contributed by atoms with Crippen LogP contribution >= 0.6 is 22.9 Å². The van der Waals surface area contributed by atoms with E-state index in [9.17, 15) is 9.18 Å². The quantitative estimate of drug-likeness (QED) is 0.925. The second-order valence-corrected chi connectivity index (χ2v) is 6.24. The van der Waals surface area contributed by atoms with Gasteiger partial charge in [0.25, 0.3) is 5.91 Å². The van der Waals surface area contributed by atoms with Crippen molar-refractivity contribution in [2.75, 3.05) is 6.61 Å². The van der Waals surface area contributed by atoms with Gasteiger partial charge in [-0.15, -0.1) is 11.3 Å². The molecule has 0 bridgehead atoms. The molecule has 1 fully saturated rings. The van der Waals surface area contributed by atoms with Crippen LogP contribution in [-0.2, 0) is 4.74 Å². The molecule has 1 N–H and O–H groups in total. The average Bonchev–Trinajstić information content (AvgIpc) is 3.17. The van der Waals surface area contributed by atoms with Crippen molar-refractivity contribution < 1.29 is 13.9 Å². The molecule has 3 rings (SSSR count). The molecule has 1 aliphatic rings. The van der Waals surface area contributed by atoms with Gasteiger partial charge in [0.2, 0.25) is 0 Å². The monoisotopic (exact) mass is 340 g/mol. The molecule has 116 valence electrons. The van der Waals surface area contributed by atoms with Crippen LogP contribution in [0.5, 0.6) is 0 Å². The van der Waals surface area contributed by atoms with Gasteiger partial charge in [-0.3, -0.25) is 4.79 Å². The lowest BCUT2D eigenvalue weighted by molar-refractivity contribution is 0.0674. The lowest BCUT2D eigenvalue weighted by Crippen LogP contribution is -2.36. The molecular weight excluding hydrogens is 327 g/mol. The number of hydrogen-bond donors (Lipinski definition) is 1. The number of halogens is 2. The van der Waals surface area contributed by atoms with Crippen molar-refractivity contribution in [2.24, 2.45) is 0 Å². The van der Waals surface area contributed by atoms with E-state index in [1.165, 1.54) is 29.0 Å². The summed E-state index contributed by atoms with van der Waals surface area (Å²) < 4.78 is 18.8. The molecule has 2 heterocycles.